The van der Waals surface area contributed by atoms with Crippen molar-refractivity contribution in [1.82, 2.24) is 24.2 Å². The van der Waals surface area contributed by atoms with Gasteiger partial charge in [-0.15, -0.1) is 6.58 Å². The molecule has 3 aromatic carbocycles. The molecule has 1 amide bonds. The molecule has 1 saturated heterocycles. The van der Waals surface area contributed by atoms with Gasteiger partial charge in [0.25, 0.3) is 8.53 Å². The van der Waals surface area contributed by atoms with Crippen LogP contribution in [-0.2, 0) is 28.9 Å². The quantitative estimate of drug-likeness (QED) is 0.0325. The van der Waals surface area contributed by atoms with Crippen molar-refractivity contribution in [3.05, 3.63) is 121 Å². The van der Waals surface area contributed by atoms with Crippen molar-refractivity contribution in [2.75, 3.05) is 32.8 Å². The molecule has 0 aliphatic carbocycles. The lowest BCUT2D eigenvalue weighted by atomic mass is 9.80. The zero-order valence-electron chi connectivity index (χ0n) is 35.1. The van der Waals surface area contributed by atoms with Crippen LogP contribution in [0.2, 0.25) is 0 Å². The molecule has 0 bridgehead atoms. The van der Waals surface area contributed by atoms with E-state index in [2.05, 4.69) is 77.4 Å². The van der Waals surface area contributed by atoms with E-state index in [0.29, 0.717) is 41.3 Å². The fourth-order valence-corrected chi connectivity index (χ4v) is 9.16. The number of amides is 1. The van der Waals surface area contributed by atoms with Crippen LogP contribution in [0.3, 0.4) is 0 Å². The second kappa shape index (κ2) is 20.8. The minimum Gasteiger partial charge on any atom is -0.497 e. The number of nitrogens with one attached hydrogen (secondary N) is 1. The fourth-order valence-electron chi connectivity index (χ4n) is 7.41. The lowest BCUT2D eigenvalue weighted by Crippen LogP contribution is -2.39. The summed E-state index contributed by atoms with van der Waals surface area (Å²) in [6, 6.07) is 28.2. The van der Waals surface area contributed by atoms with E-state index in [9.17, 15) is 10.1 Å². The normalized spacial score (nSPS) is 17.2. The third-order valence-corrected chi connectivity index (χ3v) is 12.4. The van der Waals surface area contributed by atoms with Crippen LogP contribution < -0.4 is 14.8 Å². The molecule has 2 aromatic heterocycles. The molecule has 0 spiro atoms. The maximum absolute atomic E-state index is 12.7. The topological polar surface area (TPSA) is 155 Å². The monoisotopic (exact) mass is 835 g/mol. The molecule has 1 unspecified atom stereocenters. The SMILES string of the molecule is C=CCCC(=O)Nc1ncnc2c1ncn2[C@H]1C[C@H](OP(OCCC#N)N(C(C)C)C(C)C)[C@@H](COC(c2ccccc2)(c2ccc(OC)cc2)c2ccc(OC)cc2)O1. The highest BCUT2D eigenvalue weighted by Crippen LogP contribution is 2.51. The first-order valence-corrected chi connectivity index (χ1v) is 21.2. The fraction of sp³-hybridized carbons (Fsp3) is 0.400. The van der Waals surface area contributed by atoms with E-state index in [1.165, 1.54) is 6.33 Å². The number of imidazole rings is 1. The van der Waals surface area contributed by atoms with Crippen molar-refractivity contribution in [2.24, 2.45) is 0 Å². The van der Waals surface area contributed by atoms with Gasteiger partial charge in [-0.25, -0.2) is 19.6 Å². The number of allylic oxidation sites excluding steroid dienone is 1. The number of benzene rings is 3. The smallest absolute Gasteiger partial charge is 0.259 e. The summed E-state index contributed by atoms with van der Waals surface area (Å²) >= 11 is 0. The molecule has 60 heavy (non-hydrogen) atoms. The zero-order valence-corrected chi connectivity index (χ0v) is 36.0. The molecule has 5 aromatic rings. The Morgan fingerprint density at radius 3 is 2.20 bits per heavy atom. The molecule has 4 atom stereocenters. The van der Waals surface area contributed by atoms with E-state index in [4.69, 9.17) is 28.0 Å². The summed E-state index contributed by atoms with van der Waals surface area (Å²) in [6.07, 6.45) is 4.39. The zero-order chi connectivity index (χ0) is 42.6. The van der Waals surface area contributed by atoms with Crippen molar-refractivity contribution in [3.63, 3.8) is 0 Å². The van der Waals surface area contributed by atoms with E-state index >= 15 is 0 Å². The minimum absolute atomic E-state index is 0.0799. The highest BCUT2D eigenvalue weighted by Gasteiger charge is 2.45. The minimum atomic E-state index is -1.65. The molecular formula is C45H54N7O7P. The standard InChI is InChI=1S/C45H54N7O7P/c1-8-9-16-40(53)50-43-42-44(48-29-47-43)51(30-49-42)41-27-38(59-60(57-26-13-25-46)52(31(2)3)32(4)5)39(58-41)28-56-45(33-14-11-10-12-15-33,34-17-21-36(54-6)22-18-34)35-19-23-37(55-7)24-20-35/h8,10-12,14-15,17-24,29-32,38-39,41H,1,9,13,16,26-28H2,2-7H3,(H,47,48,50,53)/t38-,39+,41+,60?/m0/s1. The number of carbonyl (C=O) groups is 1. The van der Waals surface area contributed by atoms with E-state index < -0.39 is 32.6 Å². The van der Waals surface area contributed by atoms with Crippen LogP contribution in [0.1, 0.15) is 76.3 Å². The van der Waals surface area contributed by atoms with Gasteiger partial charge in [0.1, 0.15) is 35.8 Å². The summed E-state index contributed by atoms with van der Waals surface area (Å²) in [5, 5.41) is 12.3. The molecule has 0 radical (unpaired) electrons. The van der Waals surface area contributed by atoms with Crippen molar-refractivity contribution in [2.45, 2.75) is 89.5 Å². The molecule has 3 heterocycles. The van der Waals surface area contributed by atoms with Crippen molar-refractivity contribution in [1.29, 1.82) is 5.26 Å². The van der Waals surface area contributed by atoms with Gasteiger partial charge < -0.3 is 33.3 Å². The summed E-state index contributed by atoms with van der Waals surface area (Å²) < 4.78 is 42.9. The second-order valence-corrected chi connectivity index (χ2v) is 16.2. The number of hydrogen-bond donors (Lipinski definition) is 1. The lowest BCUT2D eigenvalue weighted by molar-refractivity contribution is -0.116. The Morgan fingerprint density at radius 2 is 1.62 bits per heavy atom. The lowest BCUT2D eigenvalue weighted by Gasteiger charge is -2.39. The van der Waals surface area contributed by atoms with Gasteiger partial charge in [0, 0.05) is 24.9 Å². The van der Waals surface area contributed by atoms with Crippen LogP contribution in [0.4, 0.5) is 5.82 Å². The summed E-state index contributed by atoms with van der Waals surface area (Å²) in [5.74, 6) is 1.54. The number of carbonyl (C=O) groups excluding carboxylic acids is 1. The first kappa shape index (κ1) is 44.3. The van der Waals surface area contributed by atoms with E-state index in [1.54, 1.807) is 26.6 Å². The molecule has 0 saturated carbocycles. The number of hydrogen-bond acceptors (Lipinski definition) is 12. The van der Waals surface area contributed by atoms with E-state index in [0.717, 1.165) is 16.7 Å². The third-order valence-electron chi connectivity index (χ3n) is 10.2. The number of fused-ring (bicyclic) bond motifs is 1. The highest BCUT2D eigenvalue weighted by atomic mass is 31.2. The number of ether oxygens (including phenoxy) is 4. The Kier molecular flexibility index (Phi) is 15.4. The average Bonchev–Trinajstić information content (AvgIpc) is 3.88. The van der Waals surface area contributed by atoms with Gasteiger partial charge in [0.05, 0.1) is 52.4 Å². The van der Waals surface area contributed by atoms with Crippen LogP contribution in [0.5, 0.6) is 11.5 Å². The van der Waals surface area contributed by atoms with Gasteiger partial charge in [-0.1, -0.05) is 60.7 Å². The number of rotatable bonds is 21. The molecule has 316 valence electrons. The molecule has 1 N–H and O–H groups in total. The van der Waals surface area contributed by atoms with Gasteiger partial charge in [-0.2, -0.15) is 5.26 Å². The van der Waals surface area contributed by atoms with E-state index in [1.807, 2.05) is 71.3 Å². The van der Waals surface area contributed by atoms with Crippen molar-refractivity contribution >= 4 is 31.4 Å². The van der Waals surface area contributed by atoms with Gasteiger partial charge >= 0.3 is 0 Å². The predicted octanol–water partition coefficient (Wildman–Crippen LogP) is 8.71. The molecular weight excluding hydrogens is 782 g/mol. The molecule has 1 aliphatic heterocycles. The van der Waals surface area contributed by atoms with Gasteiger partial charge in [-0.05, 0) is 75.1 Å². The number of nitriles is 1. The summed E-state index contributed by atoms with van der Waals surface area (Å²) in [4.78, 5) is 26.2. The number of nitrogens with zero attached hydrogens (tertiary/aromatic N) is 6. The number of methoxy groups -OCH3 is 2. The van der Waals surface area contributed by atoms with Crippen LogP contribution >= 0.6 is 8.53 Å². The van der Waals surface area contributed by atoms with Crippen LogP contribution in [0, 0.1) is 11.3 Å². The Bertz CT molecular complexity index is 2140. The van der Waals surface area contributed by atoms with Crippen LogP contribution in [0.15, 0.2) is 104 Å². The molecule has 1 fully saturated rings. The van der Waals surface area contributed by atoms with Crippen molar-refractivity contribution in [3.8, 4) is 17.6 Å². The van der Waals surface area contributed by atoms with Crippen molar-refractivity contribution < 1.29 is 32.8 Å². The van der Waals surface area contributed by atoms with Crippen LogP contribution in [-0.4, -0.2) is 81.8 Å². The van der Waals surface area contributed by atoms with E-state index in [-0.39, 0.29) is 44.0 Å². The third kappa shape index (κ3) is 10.0. The highest BCUT2D eigenvalue weighted by molar-refractivity contribution is 7.44. The summed E-state index contributed by atoms with van der Waals surface area (Å²) in [7, 11) is 1.63. The maximum atomic E-state index is 12.7. The summed E-state index contributed by atoms with van der Waals surface area (Å²) in [5.41, 5.74) is 2.46. The molecule has 14 nitrogen and oxygen atoms in total. The Labute approximate surface area is 353 Å². The second-order valence-electron chi connectivity index (χ2n) is 14.8. The number of aromatic nitrogens is 4. The van der Waals surface area contributed by atoms with Gasteiger partial charge in [-0.3, -0.25) is 9.36 Å². The first-order valence-electron chi connectivity index (χ1n) is 20.1. The number of anilines is 1. The Hall–Kier alpha value is -5.26. The maximum Gasteiger partial charge on any atom is 0.259 e. The van der Waals surface area contributed by atoms with Crippen LogP contribution in [0.25, 0.3) is 11.2 Å². The summed E-state index contributed by atoms with van der Waals surface area (Å²) in [6.45, 7) is 12.4. The van der Waals surface area contributed by atoms with Gasteiger partial charge in [0.15, 0.2) is 17.0 Å². The van der Waals surface area contributed by atoms with Gasteiger partial charge in [0.2, 0.25) is 5.91 Å². The Balaban J connectivity index is 1.42. The average molecular weight is 836 g/mol. The molecule has 6 rings (SSSR count). The molecule has 1 aliphatic rings. The predicted molar refractivity (Wildman–Crippen MR) is 230 cm³/mol. The first-order chi connectivity index (χ1) is 29.1. The Morgan fingerprint density at radius 1 is 0.983 bits per heavy atom. The molecule has 15 heteroatoms. The largest absolute Gasteiger partial charge is 0.497 e.